The van der Waals surface area contributed by atoms with Crippen molar-refractivity contribution in [3.8, 4) is 33.9 Å². The molecule has 0 aliphatic rings. The van der Waals surface area contributed by atoms with Crippen molar-refractivity contribution in [2.24, 2.45) is 7.05 Å². The summed E-state index contributed by atoms with van der Waals surface area (Å²) in [7, 11) is 2.06. The van der Waals surface area contributed by atoms with Crippen molar-refractivity contribution < 1.29 is 4.52 Å². The molecule has 0 aliphatic heterocycles. The summed E-state index contributed by atoms with van der Waals surface area (Å²) < 4.78 is 9.33. The quantitative estimate of drug-likeness (QED) is 0.258. The number of nitrogens with zero attached hydrogens (tertiary/aromatic N) is 5. The van der Waals surface area contributed by atoms with Crippen molar-refractivity contribution in [2.45, 2.75) is 47.1 Å². The Balaban J connectivity index is 1.50. The van der Waals surface area contributed by atoms with Crippen molar-refractivity contribution in [1.29, 1.82) is 0 Å². The molecule has 0 radical (unpaired) electrons. The molecule has 0 amide bonds. The number of aryl methyl sites for hydroxylation is 3. The fourth-order valence-corrected chi connectivity index (χ4v) is 5.42. The third kappa shape index (κ3) is 4.45. The maximum atomic E-state index is 11.8. The Kier molecular flexibility index (Phi) is 6.46. The highest BCUT2D eigenvalue weighted by atomic mass is 16.5. The maximum absolute atomic E-state index is 11.8. The van der Waals surface area contributed by atoms with Gasteiger partial charge in [0, 0.05) is 36.8 Å². The SMILES string of the molecule is CCCc1nc2c(C)cc(-c3nc(C)c(C)n3C)cc2n1Cc1ccc(-c2ccccc2)c(-c2noc(=O)[nH]2)c1. The highest BCUT2D eigenvalue weighted by Gasteiger charge is 2.19. The Morgan fingerprint density at radius 3 is 2.40 bits per heavy atom. The molecule has 0 unspecified atom stereocenters. The summed E-state index contributed by atoms with van der Waals surface area (Å²) in [5.74, 6) is 1.84. The van der Waals surface area contributed by atoms with E-state index in [0.29, 0.717) is 12.4 Å². The molecule has 0 fully saturated rings. The molecular weight excluding hydrogens is 500 g/mol. The highest BCUT2D eigenvalue weighted by Crippen LogP contribution is 2.33. The van der Waals surface area contributed by atoms with Crippen molar-refractivity contribution in [3.05, 3.63) is 99.6 Å². The van der Waals surface area contributed by atoms with Gasteiger partial charge in [-0.15, -0.1) is 0 Å². The van der Waals surface area contributed by atoms with Crippen molar-refractivity contribution in [3.63, 3.8) is 0 Å². The molecule has 3 aromatic carbocycles. The minimum Gasteiger partial charge on any atom is -0.331 e. The van der Waals surface area contributed by atoms with Gasteiger partial charge in [-0.3, -0.25) is 9.51 Å². The molecule has 40 heavy (non-hydrogen) atoms. The van der Waals surface area contributed by atoms with Crippen molar-refractivity contribution in [1.82, 2.24) is 29.2 Å². The van der Waals surface area contributed by atoms with Crippen LogP contribution in [-0.4, -0.2) is 29.2 Å². The lowest BCUT2D eigenvalue weighted by atomic mass is 9.97. The molecule has 0 atom stereocenters. The van der Waals surface area contributed by atoms with Crippen LogP contribution in [0.2, 0.25) is 0 Å². The van der Waals surface area contributed by atoms with E-state index < -0.39 is 5.76 Å². The molecule has 0 aliphatic carbocycles. The number of imidazole rings is 2. The number of aromatic amines is 1. The van der Waals surface area contributed by atoms with E-state index in [1.54, 1.807) is 0 Å². The zero-order chi connectivity index (χ0) is 28.0. The van der Waals surface area contributed by atoms with Gasteiger partial charge in [-0.1, -0.05) is 54.5 Å². The van der Waals surface area contributed by atoms with Crippen LogP contribution in [0.25, 0.3) is 44.9 Å². The first-order chi connectivity index (χ1) is 19.3. The first-order valence-electron chi connectivity index (χ1n) is 13.6. The van der Waals surface area contributed by atoms with Gasteiger partial charge in [0.1, 0.15) is 11.6 Å². The van der Waals surface area contributed by atoms with E-state index in [4.69, 9.17) is 14.5 Å². The number of aromatic nitrogens is 6. The van der Waals surface area contributed by atoms with Crippen LogP contribution in [0.4, 0.5) is 0 Å². The first-order valence-corrected chi connectivity index (χ1v) is 13.6. The summed E-state index contributed by atoms with van der Waals surface area (Å²) in [4.78, 5) is 24.5. The van der Waals surface area contributed by atoms with Gasteiger partial charge in [-0.25, -0.2) is 14.8 Å². The Hall–Kier alpha value is -4.72. The molecule has 6 aromatic rings. The van der Waals surface area contributed by atoms with Gasteiger partial charge in [0.15, 0.2) is 5.82 Å². The first kappa shape index (κ1) is 25.6. The largest absolute Gasteiger partial charge is 0.439 e. The number of rotatable bonds is 7. The van der Waals surface area contributed by atoms with Crippen molar-refractivity contribution in [2.75, 3.05) is 0 Å². The van der Waals surface area contributed by atoms with Crippen LogP contribution in [0.1, 0.15) is 41.7 Å². The predicted molar refractivity (Wildman–Crippen MR) is 157 cm³/mol. The average Bonchev–Trinajstić information content (AvgIpc) is 3.62. The number of hydrogen-bond acceptors (Lipinski definition) is 5. The number of hydrogen-bond donors (Lipinski definition) is 1. The van der Waals surface area contributed by atoms with Crippen LogP contribution in [0.3, 0.4) is 0 Å². The van der Waals surface area contributed by atoms with E-state index in [0.717, 1.165) is 80.3 Å². The van der Waals surface area contributed by atoms with E-state index in [2.05, 4.69) is 77.4 Å². The normalized spacial score (nSPS) is 11.5. The lowest BCUT2D eigenvalue weighted by Gasteiger charge is -2.14. The number of benzene rings is 3. The molecule has 6 rings (SSSR count). The van der Waals surface area contributed by atoms with Crippen LogP contribution in [-0.2, 0) is 20.0 Å². The third-order valence-electron chi connectivity index (χ3n) is 7.68. The van der Waals surface area contributed by atoms with Crippen LogP contribution in [0.15, 0.2) is 70.0 Å². The van der Waals surface area contributed by atoms with Gasteiger partial charge >= 0.3 is 5.76 Å². The monoisotopic (exact) mass is 532 g/mol. The van der Waals surface area contributed by atoms with Gasteiger partial charge in [-0.2, -0.15) is 0 Å². The molecule has 0 saturated heterocycles. The summed E-state index contributed by atoms with van der Waals surface area (Å²) in [5.41, 5.74) is 10.4. The van der Waals surface area contributed by atoms with Crippen LogP contribution in [0, 0.1) is 20.8 Å². The van der Waals surface area contributed by atoms with Gasteiger partial charge in [-0.05, 0) is 67.6 Å². The van der Waals surface area contributed by atoms with E-state index in [-0.39, 0.29) is 0 Å². The van der Waals surface area contributed by atoms with E-state index in [9.17, 15) is 4.79 Å². The Bertz CT molecular complexity index is 1910. The molecule has 3 heterocycles. The second-order valence-corrected chi connectivity index (χ2v) is 10.4. The zero-order valence-corrected chi connectivity index (χ0v) is 23.4. The molecule has 8 nitrogen and oxygen atoms in total. The fraction of sp³-hybridized carbons (Fsp3) is 0.250. The van der Waals surface area contributed by atoms with Gasteiger partial charge in [0.05, 0.1) is 16.7 Å². The van der Waals surface area contributed by atoms with E-state index in [1.165, 1.54) is 0 Å². The van der Waals surface area contributed by atoms with Gasteiger partial charge < -0.3 is 9.13 Å². The second kappa shape index (κ2) is 10.1. The number of fused-ring (bicyclic) bond motifs is 1. The van der Waals surface area contributed by atoms with Crippen molar-refractivity contribution >= 4 is 11.0 Å². The zero-order valence-electron chi connectivity index (χ0n) is 23.4. The molecule has 202 valence electrons. The summed E-state index contributed by atoms with van der Waals surface area (Å²) in [6.45, 7) is 9.06. The standard InChI is InChI=1S/C32H32N6O2/c1-6-10-28-34-29-19(2)15-24(31-33-20(3)21(4)37(31)5)17-27(29)38(28)18-22-13-14-25(23-11-8-7-9-12-23)26(16-22)30-35-32(39)40-36-30/h7-9,11-17H,6,10,18H2,1-5H3,(H,35,36,39). The van der Waals surface area contributed by atoms with Gasteiger partial charge in [0.2, 0.25) is 0 Å². The number of nitrogens with one attached hydrogen (secondary N) is 1. The molecule has 0 spiro atoms. The van der Waals surface area contributed by atoms with Crippen LogP contribution in [0.5, 0.6) is 0 Å². The second-order valence-electron chi connectivity index (χ2n) is 10.4. The molecule has 1 N–H and O–H groups in total. The molecule has 0 bridgehead atoms. The smallest absolute Gasteiger partial charge is 0.331 e. The van der Waals surface area contributed by atoms with Gasteiger partial charge in [0.25, 0.3) is 0 Å². The minimum atomic E-state index is -0.576. The third-order valence-corrected chi connectivity index (χ3v) is 7.68. The van der Waals surface area contributed by atoms with Crippen LogP contribution >= 0.6 is 0 Å². The van der Waals surface area contributed by atoms with Crippen LogP contribution < -0.4 is 5.76 Å². The molecule has 0 saturated carbocycles. The summed E-state index contributed by atoms with van der Waals surface area (Å²) in [6, 6.07) is 20.8. The maximum Gasteiger partial charge on any atom is 0.439 e. The Labute approximate surface area is 232 Å². The lowest BCUT2D eigenvalue weighted by Crippen LogP contribution is -2.06. The van der Waals surface area contributed by atoms with E-state index >= 15 is 0 Å². The minimum absolute atomic E-state index is 0.411. The molecule has 3 aromatic heterocycles. The molecular formula is C32H32N6O2. The topological polar surface area (TPSA) is 94.5 Å². The highest BCUT2D eigenvalue weighted by molar-refractivity contribution is 5.85. The molecule has 8 heteroatoms. The predicted octanol–water partition coefficient (Wildman–Crippen LogP) is 6.37. The Morgan fingerprint density at radius 2 is 1.73 bits per heavy atom. The van der Waals surface area contributed by atoms with E-state index in [1.807, 2.05) is 37.3 Å². The summed E-state index contributed by atoms with van der Waals surface area (Å²) in [6.07, 6.45) is 1.86. The summed E-state index contributed by atoms with van der Waals surface area (Å²) >= 11 is 0. The lowest BCUT2D eigenvalue weighted by molar-refractivity contribution is 0.388. The number of H-pyrrole nitrogens is 1. The average molecular weight is 533 g/mol. The fourth-order valence-electron chi connectivity index (χ4n) is 5.42. The Morgan fingerprint density at radius 1 is 0.925 bits per heavy atom. The summed E-state index contributed by atoms with van der Waals surface area (Å²) in [5, 5.41) is 4.01.